The number of hydrogen-bond donors (Lipinski definition) is 7. The highest BCUT2D eigenvalue weighted by molar-refractivity contribution is 7.87. The lowest BCUT2D eigenvalue weighted by molar-refractivity contribution is 0.317. The number of hydrogen-bond acceptors (Lipinski definition) is 23. The maximum absolute atomic E-state index is 12.9. The van der Waals surface area contributed by atoms with E-state index in [1.54, 1.807) is 31.2 Å². The first-order chi connectivity index (χ1) is 35.5. The van der Waals surface area contributed by atoms with Crippen molar-refractivity contribution in [2.24, 2.45) is 30.7 Å². The van der Waals surface area contributed by atoms with E-state index in [2.05, 4.69) is 46.7 Å². The van der Waals surface area contributed by atoms with Gasteiger partial charge in [-0.05, 0) is 79.2 Å². The van der Waals surface area contributed by atoms with Gasteiger partial charge in [-0.25, -0.2) is 9.97 Å². The van der Waals surface area contributed by atoms with Gasteiger partial charge in [-0.1, -0.05) is 36.8 Å². The van der Waals surface area contributed by atoms with Crippen molar-refractivity contribution in [3.63, 3.8) is 0 Å². The molecule has 396 valence electrons. The van der Waals surface area contributed by atoms with Crippen molar-refractivity contribution in [1.82, 2.24) is 14.4 Å². The number of aromatic hydroxyl groups is 2. The Hall–Kier alpha value is -7.56. The van der Waals surface area contributed by atoms with E-state index in [1.165, 1.54) is 17.4 Å². The number of thiazole rings is 1. The molecule has 7 N–H and O–H groups in total. The van der Waals surface area contributed by atoms with Crippen LogP contribution in [-0.4, -0.2) is 102 Å². The zero-order valence-electron chi connectivity index (χ0n) is 38.4. The van der Waals surface area contributed by atoms with Crippen LogP contribution in [0.15, 0.2) is 117 Å². The minimum atomic E-state index is -5.39. The van der Waals surface area contributed by atoms with Crippen molar-refractivity contribution in [2.45, 2.75) is 52.7 Å². The van der Waals surface area contributed by atoms with E-state index < -0.39 is 122 Å². The maximum Gasteiger partial charge on any atom is 0.296 e. The molecule has 8 rings (SSSR count). The summed E-state index contributed by atoms with van der Waals surface area (Å²) < 4.78 is 178. The number of para-hydroxylation sites is 2. The molecule has 8 aromatic rings. The number of nitriles is 1. The summed E-state index contributed by atoms with van der Waals surface area (Å²) in [6.07, 6.45) is 0.243. The number of rotatable bonds is 17. The van der Waals surface area contributed by atoms with Crippen LogP contribution in [0, 0.1) is 18.3 Å². The van der Waals surface area contributed by atoms with E-state index in [1.807, 2.05) is 0 Å². The van der Waals surface area contributed by atoms with Crippen molar-refractivity contribution in [1.29, 1.82) is 5.26 Å². The van der Waals surface area contributed by atoms with Crippen molar-refractivity contribution in [3.8, 4) is 23.4 Å². The van der Waals surface area contributed by atoms with Gasteiger partial charge in [0, 0.05) is 17.0 Å². The summed E-state index contributed by atoms with van der Waals surface area (Å²) in [7, 11) is -25.2. The zero-order valence-corrected chi connectivity index (χ0v) is 43.3. The van der Waals surface area contributed by atoms with Gasteiger partial charge in [0.2, 0.25) is 11.0 Å². The zero-order chi connectivity index (χ0) is 55.4. The van der Waals surface area contributed by atoms with Crippen molar-refractivity contribution in [2.75, 3.05) is 12.4 Å². The molecule has 0 bridgehead atoms. The quantitative estimate of drug-likeness (QED) is 0.0254. The summed E-state index contributed by atoms with van der Waals surface area (Å²) in [4.78, 5) is 4.49. The monoisotopic (exact) mass is 1160 g/mol. The Balaban J connectivity index is 1.25. The van der Waals surface area contributed by atoms with Crippen LogP contribution in [-0.2, 0) is 57.0 Å². The number of benzene rings is 5. The summed E-state index contributed by atoms with van der Waals surface area (Å²) in [6, 6.07) is 14.6. The third-order valence-electron chi connectivity index (χ3n) is 10.9. The second-order valence-electron chi connectivity index (χ2n) is 16.1. The highest BCUT2D eigenvalue weighted by Gasteiger charge is 2.28. The van der Waals surface area contributed by atoms with Crippen LogP contribution in [0.1, 0.15) is 36.5 Å². The van der Waals surface area contributed by atoms with Gasteiger partial charge in [0.1, 0.15) is 54.6 Å². The van der Waals surface area contributed by atoms with Crippen LogP contribution >= 0.6 is 11.3 Å². The molecule has 3 aromatic heterocycles. The first-order valence-corrected chi connectivity index (χ1v) is 29.4. The average Bonchev–Trinajstić information content (AvgIpc) is 3.93. The third-order valence-corrected chi connectivity index (χ3v) is 16.1. The fourth-order valence-corrected chi connectivity index (χ4v) is 11.7. The van der Waals surface area contributed by atoms with E-state index in [4.69, 9.17) is 4.74 Å². The fraction of sp³-hybridized carbons (Fsp3) is 0.167. The highest BCUT2D eigenvalue weighted by atomic mass is 32.2. The molecular formula is C42H34N10O18S6. The molecule has 0 saturated carbocycles. The Labute approximate surface area is 432 Å². The molecule has 0 saturated heterocycles. The molecule has 0 aliphatic carbocycles. The molecule has 28 nitrogen and oxygen atoms in total. The first kappa shape index (κ1) is 54.7. The molecule has 0 radical (unpaired) electrons. The lowest BCUT2D eigenvalue weighted by Crippen LogP contribution is -2.08. The molecule has 34 heteroatoms. The number of imidazole rings is 1. The van der Waals surface area contributed by atoms with Gasteiger partial charge in [0.25, 0.3) is 50.6 Å². The van der Waals surface area contributed by atoms with E-state index in [0.29, 0.717) is 47.0 Å². The summed E-state index contributed by atoms with van der Waals surface area (Å²) in [5.74, 6) is -2.69. The SMILES string of the molecule is CCCc1c(N=Nc2cc3c(O)c(N=Nc4cc(C)c(N=Nc5nc6c(S(=O)(=O)O)cc(S(=O)(=O)O)cc6s5)cc4OCCCS(=O)(=O)O)c(S(=O)(=O)O)cc3cc2S(=O)(=O)O)c(O)n2c(nc3ccccc32)c1C#N. The molecule has 3 heterocycles. The maximum atomic E-state index is 12.9. The van der Waals surface area contributed by atoms with E-state index in [9.17, 15) is 80.3 Å². The Morgan fingerprint density at radius 3 is 2.00 bits per heavy atom. The summed E-state index contributed by atoms with van der Waals surface area (Å²) in [5, 5.41) is 56.6. The predicted octanol–water partition coefficient (Wildman–Crippen LogP) is 8.68. The van der Waals surface area contributed by atoms with Crippen molar-refractivity contribution >= 4 is 133 Å². The summed E-state index contributed by atoms with van der Waals surface area (Å²) in [5.41, 5.74) is -1.52. The van der Waals surface area contributed by atoms with E-state index >= 15 is 0 Å². The molecule has 5 aromatic carbocycles. The number of aryl methyl sites for hydroxylation is 1. The lowest BCUT2D eigenvalue weighted by atomic mass is 10.0. The topological polar surface area (TPSA) is 450 Å². The van der Waals surface area contributed by atoms with Gasteiger partial charge < -0.3 is 14.9 Å². The number of ether oxygens (including phenoxy) is 1. The van der Waals surface area contributed by atoms with Gasteiger partial charge in [-0.3, -0.25) is 27.2 Å². The van der Waals surface area contributed by atoms with Gasteiger partial charge in [0.15, 0.2) is 17.1 Å². The number of nitrogens with zero attached hydrogens (tertiary/aromatic N) is 10. The Morgan fingerprint density at radius 2 is 1.36 bits per heavy atom. The van der Waals surface area contributed by atoms with Crippen LogP contribution < -0.4 is 4.74 Å². The predicted molar refractivity (Wildman–Crippen MR) is 268 cm³/mol. The van der Waals surface area contributed by atoms with Gasteiger partial charge >= 0.3 is 0 Å². The molecule has 0 aliphatic heterocycles. The number of pyridine rings is 1. The molecule has 0 fully saturated rings. The number of phenolic OH excluding ortho intramolecular Hbond substituents is 1. The largest absolute Gasteiger partial charge is 0.505 e. The fourth-order valence-electron chi connectivity index (χ4n) is 7.60. The minimum Gasteiger partial charge on any atom is -0.505 e. The van der Waals surface area contributed by atoms with Crippen LogP contribution in [0.3, 0.4) is 0 Å². The van der Waals surface area contributed by atoms with Crippen molar-refractivity contribution < 1.29 is 79.8 Å². The molecule has 0 unspecified atom stereocenters. The van der Waals surface area contributed by atoms with Crippen LogP contribution in [0.4, 0.5) is 33.6 Å². The molecule has 0 aliphatic rings. The van der Waals surface area contributed by atoms with E-state index in [0.717, 1.165) is 18.2 Å². The molecular weight excluding hydrogens is 1120 g/mol. The average molecular weight is 1160 g/mol. The Morgan fingerprint density at radius 1 is 0.711 bits per heavy atom. The molecule has 0 amide bonds. The van der Waals surface area contributed by atoms with Gasteiger partial charge in [-0.15, -0.1) is 30.7 Å². The molecule has 76 heavy (non-hydrogen) atoms. The second kappa shape index (κ2) is 20.2. The molecule has 0 atom stereocenters. The Bertz CT molecular complexity index is 4520. The number of fused-ring (bicyclic) bond motifs is 5. The summed E-state index contributed by atoms with van der Waals surface area (Å²) >= 11 is 0.591. The number of aromatic nitrogens is 3. The van der Waals surface area contributed by atoms with Crippen molar-refractivity contribution in [3.05, 3.63) is 83.4 Å². The van der Waals surface area contributed by atoms with Crippen LogP contribution in [0.5, 0.6) is 17.4 Å². The highest BCUT2D eigenvalue weighted by Crippen LogP contribution is 2.47. The second-order valence-corrected chi connectivity index (χ2v) is 24.3. The standard InChI is InChI=1S/C42H34N10O18S6/c1-3-7-23-25(19-43)40-44-26-8-4-5-9-30(26)52(40)41(54)36(23)49-48-29-17-24-21(13-33(29)74(61,62)63)14-34(75(64,65)66)38(39(24)53)50-47-28-12-20(2)27(18-31(28)70-10-6-11-72(55,56)57)46-51-42-45-37-32(71-42)15-22(73(58,59)60)16-35(37)76(67,68)69/h4-5,8-9,12-18,53-54H,3,6-7,10-11H2,1-2H3,(H,55,56,57)(H,58,59,60)(H,61,62,63)(H,64,65,66)(H,67,68,69). The number of azo groups is 3. The van der Waals surface area contributed by atoms with Crippen LogP contribution in [0.2, 0.25) is 0 Å². The van der Waals surface area contributed by atoms with Gasteiger partial charge in [-0.2, -0.15) is 47.4 Å². The first-order valence-electron chi connectivity index (χ1n) is 21.2. The summed E-state index contributed by atoms with van der Waals surface area (Å²) in [6.45, 7) is 2.76. The minimum absolute atomic E-state index is 0.00868. The smallest absolute Gasteiger partial charge is 0.296 e. The van der Waals surface area contributed by atoms with E-state index in [-0.39, 0.29) is 67.8 Å². The third kappa shape index (κ3) is 11.2. The lowest BCUT2D eigenvalue weighted by Gasteiger charge is -2.13. The normalized spacial score (nSPS) is 13.1. The van der Waals surface area contributed by atoms with Crippen LogP contribution in [0.25, 0.3) is 37.7 Å². The van der Waals surface area contributed by atoms with Gasteiger partial charge in [0.05, 0.1) is 38.7 Å². The molecule has 0 spiro atoms. The number of phenols is 1. The Kier molecular flexibility index (Phi) is 14.5.